The third-order valence-electron chi connectivity index (χ3n) is 2.45. The summed E-state index contributed by atoms with van der Waals surface area (Å²) in [5, 5.41) is 0. The average Bonchev–Trinajstić information content (AvgIpc) is 2.37. The first-order chi connectivity index (χ1) is 8.58. The fraction of sp³-hybridized carbons (Fsp3) is 0. The molecule has 0 saturated heterocycles. The molecule has 0 radical (unpaired) electrons. The van der Waals surface area contributed by atoms with Crippen LogP contribution in [0.25, 0.3) is 0 Å². The Bertz CT molecular complexity index is 600. The molecule has 0 bridgehead atoms. The van der Waals surface area contributed by atoms with Crippen molar-refractivity contribution in [1.82, 2.24) is 0 Å². The zero-order valence-electron chi connectivity index (χ0n) is 8.64. The second kappa shape index (κ2) is 3.63. The molecule has 2 nitrogen and oxygen atoms in total. The highest BCUT2D eigenvalue weighted by atomic mass is 19.2. The zero-order chi connectivity index (χ0) is 12.9. The van der Waals surface area contributed by atoms with Crippen LogP contribution in [0.5, 0.6) is 23.0 Å². The maximum atomic E-state index is 13.4. The van der Waals surface area contributed by atoms with Crippen LogP contribution in [0.15, 0.2) is 24.3 Å². The average molecular weight is 256 g/mol. The maximum absolute atomic E-state index is 13.4. The van der Waals surface area contributed by atoms with E-state index < -0.39 is 34.8 Å². The molecule has 0 N–H and O–H groups in total. The van der Waals surface area contributed by atoms with Crippen molar-refractivity contribution in [3.05, 3.63) is 47.5 Å². The first-order valence-electron chi connectivity index (χ1n) is 4.89. The van der Waals surface area contributed by atoms with Crippen LogP contribution in [0.3, 0.4) is 0 Å². The van der Waals surface area contributed by atoms with Crippen molar-refractivity contribution in [1.29, 1.82) is 0 Å². The summed E-state index contributed by atoms with van der Waals surface area (Å²) in [7, 11) is 0. The number of hydrogen-bond acceptors (Lipinski definition) is 2. The van der Waals surface area contributed by atoms with Crippen molar-refractivity contribution < 1.29 is 27.0 Å². The van der Waals surface area contributed by atoms with Gasteiger partial charge in [-0.25, -0.2) is 8.78 Å². The van der Waals surface area contributed by atoms with Crippen LogP contribution in [0.1, 0.15) is 0 Å². The summed E-state index contributed by atoms with van der Waals surface area (Å²) in [6.45, 7) is 0. The lowest BCUT2D eigenvalue weighted by molar-refractivity contribution is 0.312. The normalized spacial score (nSPS) is 12.2. The fourth-order valence-electron chi connectivity index (χ4n) is 1.60. The van der Waals surface area contributed by atoms with Gasteiger partial charge in [0.1, 0.15) is 0 Å². The number of ether oxygens (including phenoxy) is 2. The molecule has 0 amide bonds. The van der Waals surface area contributed by atoms with Gasteiger partial charge in [-0.2, -0.15) is 8.78 Å². The number of hydrogen-bond donors (Lipinski definition) is 0. The monoisotopic (exact) mass is 256 g/mol. The van der Waals surface area contributed by atoms with Gasteiger partial charge in [0.2, 0.25) is 23.1 Å². The minimum absolute atomic E-state index is 0.104. The summed E-state index contributed by atoms with van der Waals surface area (Å²) >= 11 is 0. The molecule has 1 aliphatic rings. The van der Waals surface area contributed by atoms with Crippen molar-refractivity contribution >= 4 is 0 Å². The summed E-state index contributed by atoms with van der Waals surface area (Å²) < 4.78 is 62.8. The summed E-state index contributed by atoms with van der Waals surface area (Å²) in [6, 6.07) is 3.97. The standard InChI is InChI=1S/C12H4F4O2/c13-5-1-3-7-11(9(5)15)18-12-8(17-7)4-2-6(14)10(12)16/h1-4H. The van der Waals surface area contributed by atoms with Gasteiger partial charge in [-0.05, 0) is 24.3 Å². The summed E-state index contributed by atoms with van der Waals surface area (Å²) in [5.41, 5.74) is 0. The van der Waals surface area contributed by atoms with Crippen LogP contribution in [0.2, 0.25) is 0 Å². The minimum atomic E-state index is -1.32. The molecule has 2 aromatic rings. The molecule has 2 aromatic carbocycles. The SMILES string of the molecule is Fc1ccc2c(c1F)Oc1c(ccc(F)c1F)O2. The Kier molecular flexibility index (Phi) is 2.19. The Morgan fingerprint density at radius 3 is 1.50 bits per heavy atom. The van der Waals surface area contributed by atoms with Crippen LogP contribution >= 0.6 is 0 Å². The highest BCUT2D eigenvalue weighted by molar-refractivity contribution is 5.55. The summed E-state index contributed by atoms with van der Waals surface area (Å²) in [5.74, 6) is -6.39. The van der Waals surface area contributed by atoms with E-state index in [-0.39, 0.29) is 11.5 Å². The van der Waals surface area contributed by atoms with Gasteiger partial charge in [0.05, 0.1) is 0 Å². The van der Waals surface area contributed by atoms with E-state index in [0.29, 0.717) is 0 Å². The fourth-order valence-corrected chi connectivity index (χ4v) is 1.60. The van der Waals surface area contributed by atoms with E-state index in [2.05, 4.69) is 0 Å². The van der Waals surface area contributed by atoms with E-state index in [0.717, 1.165) is 24.3 Å². The van der Waals surface area contributed by atoms with Crippen LogP contribution < -0.4 is 9.47 Å². The molecule has 0 spiro atoms. The number of benzene rings is 2. The molecular weight excluding hydrogens is 252 g/mol. The third-order valence-corrected chi connectivity index (χ3v) is 2.45. The van der Waals surface area contributed by atoms with Crippen LogP contribution in [0.4, 0.5) is 17.6 Å². The summed E-state index contributed by atoms with van der Waals surface area (Å²) in [6.07, 6.45) is 0. The number of rotatable bonds is 0. The molecule has 1 aliphatic heterocycles. The van der Waals surface area contributed by atoms with Gasteiger partial charge < -0.3 is 9.47 Å². The van der Waals surface area contributed by atoms with Crippen LogP contribution in [-0.2, 0) is 0 Å². The maximum Gasteiger partial charge on any atom is 0.208 e. The van der Waals surface area contributed by atoms with Gasteiger partial charge in [-0.3, -0.25) is 0 Å². The Labute approximate surface area is 98.4 Å². The Morgan fingerprint density at radius 2 is 1.06 bits per heavy atom. The van der Waals surface area contributed by atoms with Crippen LogP contribution in [-0.4, -0.2) is 0 Å². The first kappa shape index (κ1) is 10.9. The molecule has 0 aliphatic carbocycles. The molecule has 0 saturated carbocycles. The molecule has 0 fully saturated rings. The molecule has 3 rings (SSSR count). The van der Waals surface area contributed by atoms with Gasteiger partial charge in [-0.15, -0.1) is 0 Å². The lowest BCUT2D eigenvalue weighted by atomic mass is 10.2. The van der Waals surface area contributed by atoms with Crippen molar-refractivity contribution in [2.75, 3.05) is 0 Å². The van der Waals surface area contributed by atoms with E-state index in [9.17, 15) is 17.6 Å². The topological polar surface area (TPSA) is 18.5 Å². The predicted octanol–water partition coefficient (Wildman–Crippen LogP) is 4.14. The predicted molar refractivity (Wildman–Crippen MR) is 52.9 cm³/mol. The van der Waals surface area contributed by atoms with Crippen LogP contribution in [0, 0.1) is 23.3 Å². The molecule has 18 heavy (non-hydrogen) atoms. The molecule has 92 valence electrons. The largest absolute Gasteiger partial charge is 0.449 e. The van der Waals surface area contributed by atoms with E-state index in [1.807, 2.05) is 0 Å². The number of fused-ring (bicyclic) bond motifs is 2. The second-order valence-corrected chi connectivity index (χ2v) is 3.58. The summed E-state index contributed by atoms with van der Waals surface area (Å²) in [4.78, 5) is 0. The van der Waals surface area contributed by atoms with Crippen molar-refractivity contribution in [3.8, 4) is 23.0 Å². The molecule has 0 aromatic heterocycles. The third kappa shape index (κ3) is 1.42. The quantitative estimate of drug-likeness (QED) is 0.563. The van der Waals surface area contributed by atoms with Crippen molar-refractivity contribution in [3.63, 3.8) is 0 Å². The Balaban J connectivity index is 2.19. The van der Waals surface area contributed by atoms with Gasteiger partial charge in [-0.1, -0.05) is 0 Å². The highest BCUT2D eigenvalue weighted by Crippen LogP contribution is 2.48. The van der Waals surface area contributed by atoms with Crippen molar-refractivity contribution in [2.24, 2.45) is 0 Å². The molecule has 6 heteroatoms. The Hall–Kier alpha value is -2.24. The highest BCUT2D eigenvalue weighted by Gasteiger charge is 2.28. The molecule has 0 unspecified atom stereocenters. The molecule has 1 heterocycles. The van der Waals surface area contributed by atoms with E-state index in [1.54, 1.807) is 0 Å². The van der Waals surface area contributed by atoms with Gasteiger partial charge >= 0.3 is 0 Å². The lowest BCUT2D eigenvalue weighted by Gasteiger charge is -2.21. The second-order valence-electron chi connectivity index (χ2n) is 3.58. The van der Waals surface area contributed by atoms with E-state index in [4.69, 9.17) is 9.47 Å². The zero-order valence-corrected chi connectivity index (χ0v) is 8.64. The van der Waals surface area contributed by atoms with Gasteiger partial charge in [0.15, 0.2) is 23.1 Å². The van der Waals surface area contributed by atoms with E-state index >= 15 is 0 Å². The van der Waals surface area contributed by atoms with Gasteiger partial charge in [0, 0.05) is 0 Å². The molecule has 0 atom stereocenters. The smallest absolute Gasteiger partial charge is 0.208 e. The minimum Gasteiger partial charge on any atom is -0.449 e. The first-order valence-corrected chi connectivity index (χ1v) is 4.89. The van der Waals surface area contributed by atoms with Gasteiger partial charge in [0.25, 0.3) is 0 Å². The molecular formula is C12H4F4O2. The van der Waals surface area contributed by atoms with Crippen molar-refractivity contribution in [2.45, 2.75) is 0 Å². The number of halogens is 4. The lowest BCUT2D eigenvalue weighted by Crippen LogP contribution is -2.05. The Morgan fingerprint density at radius 1 is 0.611 bits per heavy atom. The van der Waals surface area contributed by atoms with E-state index in [1.165, 1.54) is 0 Å².